The van der Waals surface area contributed by atoms with E-state index in [0.717, 1.165) is 0 Å². The van der Waals surface area contributed by atoms with E-state index in [-0.39, 0.29) is 41.0 Å². The molecule has 3 atom stereocenters. The molecular formula is C12H12NNaO4. The van der Waals surface area contributed by atoms with E-state index in [9.17, 15) is 9.59 Å². The quantitative estimate of drug-likeness (QED) is 0.437. The Morgan fingerprint density at radius 2 is 2.11 bits per heavy atom. The Hall–Kier alpha value is -1.09. The van der Waals surface area contributed by atoms with Crippen molar-refractivity contribution in [2.24, 2.45) is 17.3 Å². The number of carboxylic acids is 2. The molecule has 90 valence electrons. The molecule has 6 heteroatoms. The first-order valence-corrected chi connectivity index (χ1v) is 5.27. The van der Waals surface area contributed by atoms with Gasteiger partial charge in [-0.05, 0) is 18.8 Å². The number of nitriles is 1. The Labute approximate surface area is 126 Å². The van der Waals surface area contributed by atoms with Crippen molar-refractivity contribution in [2.75, 3.05) is 0 Å². The van der Waals surface area contributed by atoms with Gasteiger partial charge in [-0.1, -0.05) is 12.2 Å². The molecule has 18 heavy (non-hydrogen) atoms. The fourth-order valence-corrected chi connectivity index (χ4v) is 2.89. The van der Waals surface area contributed by atoms with Gasteiger partial charge in [-0.3, -0.25) is 0 Å². The fraction of sp³-hybridized carbons (Fsp3) is 0.417. The minimum atomic E-state index is -1.29. The summed E-state index contributed by atoms with van der Waals surface area (Å²) in [6.45, 7) is 0. The van der Waals surface area contributed by atoms with Gasteiger partial charge in [0.2, 0.25) is 0 Å². The first-order chi connectivity index (χ1) is 7.99. The van der Waals surface area contributed by atoms with E-state index in [0.29, 0.717) is 18.9 Å². The van der Waals surface area contributed by atoms with Gasteiger partial charge in [0.15, 0.2) is 0 Å². The van der Waals surface area contributed by atoms with Crippen LogP contribution in [-0.4, -0.2) is 51.7 Å². The van der Waals surface area contributed by atoms with Crippen LogP contribution in [0.4, 0.5) is 0 Å². The van der Waals surface area contributed by atoms with E-state index in [4.69, 9.17) is 15.5 Å². The molecule has 2 bridgehead atoms. The molecule has 1 saturated carbocycles. The average Bonchev–Trinajstić information content (AvgIpc) is 2.82. The van der Waals surface area contributed by atoms with Crippen LogP contribution in [0.3, 0.4) is 0 Å². The fourth-order valence-electron chi connectivity index (χ4n) is 2.89. The Morgan fingerprint density at radius 3 is 2.56 bits per heavy atom. The number of rotatable bonds is 3. The number of allylic oxidation sites excluding steroid dienone is 2. The van der Waals surface area contributed by atoms with Gasteiger partial charge in [-0.2, -0.15) is 5.26 Å². The molecule has 0 heterocycles. The summed E-state index contributed by atoms with van der Waals surface area (Å²) < 4.78 is 0. The van der Waals surface area contributed by atoms with Crippen LogP contribution in [0.1, 0.15) is 12.8 Å². The Bertz CT molecular complexity index is 491. The van der Waals surface area contributed by atoms with Crippen LogP contribution < -0.4 is 0 Å². The van der Waals surface area contributed by atoms with Crippen molar-refractivity contribution in [3.05, 3.63) is 23.8 Å². The molecule has 1 fully saturated rings. The molecular weight excluding hydrogens is 245 g/mol. The van der Waals surface area contributed by atoms with E-state index in [1.165, 1.54) is 0 Å². The van der Waals surface area contributed by atoms with Crippen LogP contribution in [0.2, 0.25) is 0 Å². The molecule has 0 saturated heterocycles. The summed E-state index contributed by atoms with van der Waals surface area (Å²) >= 11 is 0. The molecule has 0 aromatic heterocycles. The average molecular weight is 257 g/mol. The van der Waals surface area contributed by atoms with Gasteiger partial charge in [-0.25, -0.2) is 9.59 Å². The third-order valence-corrected chi connectivity index (χ3v) is 3.58. The molecule has 3 unspecified atom stereocenters. The normalized spacial score (nSPS) is 32.7. The van der Waals surface area contributed by atoms with Gasteiger partial charge in [0.05, 0.1) is 17.6 Å². The number of carboxylic acid groups (broad SMARTS) is 2. The van der Waals surface area contributed by atoms with Crippen LogP contribution in [0.15, 0.2) is 23.8 Å². The van der Waals surface area contributed by atoms with Crippen molar-refractivity contribution in [1.29, 1.82) is 5.26 Å². The van der Waals surface area contributed by atoms with Crippen LogP contribution in [0.5, 0.6) is 0 Å². The number of hydrogen-bond donors (Lipinski definition) is 2. The van der Waals surface area contributed by atoms with Gasteiger partial charge in [-0.15, -0.1) is 0 Å². The molecule has 0 aromatic rings. The van der Waals surface area contributed by atoms with Crippen LogP contribution in [0, 0.1) is 28.6 Å². The summed E-state index contributed by atoms with van der Waals surface area (Å²) in [6, 6.07) is 2.10. The first-order valence-electron chi connectivity index (χ1n) is 5.27. The Balaban J connectivity index is 0.00000162. The third kappa shape index (κ3) is 2.24. The predicted octanol–water partition coefficient (Wildman–Crippen LogP) is 0.539. The second kappa shape index (κ2) is 5.27. The number of aliphatic carboxylic acids is 2. The van der Waals surface area contributed by atoms with Crippen molar-refractivity contribution >= 4 is 41.5 Å². The van der Waals surface area contributed by atoms with E-state index < -0.39 is 23.3 Å². The van der Waals surface area contributed by atoms with Crippen molar-refractivity contribution in [2.45, 2.75) is 12.8 Å². The van der Waals surface area contributed by atoms with E-state index in [1.807, 2.05) is 6.08 Å². The zero-order chi connectivity index (χ0) is 12.6. The molecule has 0 aromatic carbocycles. The Morgan fingerprint density at radius 1 is 1.44 bits per heavy atom. The topological polar surface area (TPSA) is 98.4 Å². The minimum absolute atomic E-state index is 0. The van der Waals surface area contributed by atoms with Crippen LogP contribution >= 0.6 is 0 Å². The van der Waals surface area contributed by atoms with Gasteiger partial charge < -0.3 is 10.2 Å². The number of hydrogen-bond acceptors (Lipinski definition) is 3. The van der Waals surface area contributed by atoms with Gasteiger partial charge in [0, 0.05) is 11.5 Å². The van der Waals surface area contributed by atoms with Crippen molar-refractivity contribution in [3.8, 4) is 6.07 Å². The van der Waals surface area contributed by atoms with Gasteiger partial charge in [0.1, 0.15) is 0 Å². The van der Waals surface area contributed by atoms with Crippen LogP contribution in [0.25, 0.3) is 0 Å². The molecule has 0 spiro atoms. The van der Waals surface area contributed by atoms with E-state index in [1.54, 1.807) is 6.08 Å². The predicted molar refractivity (Wildman–Crippen MR) is 63.9 cm³/mol. The van der Waals surface area contributed by atoms with Gasteiger partial charge >= 0.3 is 41.5 Å². The zero-order valence-corrected chi connectivity index (χ0v) is 8.96. The molecule has 5 nitrogen and oxygen atoms in total. The summed E-state index contributed by atoms with van der Waals surface area (Å²) in [5.41, 5.74) is -1.10. The van der Waals surface area contributed by atoms with Gasteiger partial charge in [0.25, 0.3) is 0 Å². The SMILES string of the molecule is N#CC1CC2C=CC1(/C(=C/C(=O)O)C(=O)O)C2.[NaH]. The second-order valence-electron chi connectivity index (χ2n) is 4.48. The molecule has 0 aliphatic heterocycles. The Kier molecular flexibility index (Phi) is 4.38. The summed E-state index contributed by atoms with van der Waals surface area (Å²) in [7, 11) is 0. The first kappa shape index (κ1) is 15.0. The second-order valence-corrected chi connectivity index (χ2v) is 4.48. The monoisotopic (exact) mass is 257 g/mol. The van der Waals surface area contributed by atoms with Crippen molar-refractivity contribution in [3.63, 3.8) is 0 Å². The van der Waals surface area contributed by atoms with Crippen molar-refractivity contribution in [1.82, 2.24) is 0 Å². The van der Waals surface area contributed by atoms with Crippen LogP contribution in [-0.2, 0) is 9.59 Å². The number of fused-ring (bicyclic) bond motifs is 2. The number of nitrogens with zero attached hydrogens (tertiary/aromatic N) is 1. The maximum atomic E-state index is 11.2. The molecule has 0 amide bonds. The molecule has 2 aliphatic rings. The van der Waals surface area contributed by atoms with Crippen molar-refractivity contribution < 1.29 is 19.8 Å². The summed E-state index contributed by atoms with van der Waals surface area (Å²) in [5.74, 6) is -2.81. The summed E-state index contributed by atoms with van der Waals surface area (Å²) in [6.07, 6.45) is 5.42. The standard InChI is InChI=1S/C12H11NO4.Na.H/c13-6-8-3-7-1-2-12(8,5-7)9(11(16)17)4-10(14)15;;/h1-2,4,7-8H,3,5H2,(H,14,15)(H,16,17);;/b9-4+;;. The zero-order valence-electron chi connectivity index (χ0n) is 8.96. The summed E-state index contributed by atoms with van der Waals surface area (Å²) in [5, 5.41) is 26.9. The maximum absolute atomic E-state index is 11.2. The third-order valence-electron chi connectivity index (χ3n) is 3.58. The van der Waals surface area contributed by atoms with E-state index in [2.05, 4.69) is 6.07 Å². The molecule has 2 rings (SSSR count). The molecule has 2 N–H and O–H groups in total. The summed E-state index contributed by atoms with van der Waals surface area (Å²) in [4.78, 5) is 21.9. The molecule has 0 radical (unpaired) electrons. The van der Waals surface area contributed by atoms with E-state index >= 15 is 0 Å². The number of carbonyl (C=O) groups is 2. The molecule has 2 aliphatic carbocycles.